The fourth-order valence-corrected chi connectivity index (χ4v) is 1.67. The van der Waals surface area contributed by atoms with Crippen molar-refractivity contribution < 1.29 is 27.5 Å². The molecule has 2 N–H and O–H groups in total. The van der Waals surface area contributed by atoms with Crippen LogP contribution < -0.4 is 10.6 Å². The smallest absolute Gasteiger partial charge is 0.468 e. The number of carbonyl (C=O) groups excluding carboxylic acids is 2. The Morgan fingerprint density at radius 1 is 1.41 bits per heavy atom. The number of rotatable bonds is 2. The van der Waals surface area contributed by atoms with Crippen molar-refractivity contribution in [3.05, 3.63) is 0 Å². The molecule has 0 aromatic rings. The summed E-state index contributed by atoms with van der Waals surface area (Å²) in [6.07, 6.45) is -4.07. The maximum absolute atomic E-state index is 12.1. The molecule has 0 saturated carbocycles. The van der Waals surface area contributed by atoms with E-state index in [4.69, 9.17) is 0 Å². The van der Waals surface area contributed by atoms with E-state index in [1.165, 1.54) is 0 Å². The van der Waals surface area contributed by atoms with Crippen LogP contribution >= 0.6 is 0 Å². The third kappa shape index (κ3) is 3.58. The fourth-order valence-electron chi connectivity index (χ4n) is 1.67. The molecule has 1 rings (SSSR count). The Morgan fingerprint density at radius 2 is 2.06 bits per heavy atom. The molecule has 0 bridgehead atoms. The molecule has 0 spiro atoms. The van der Waals surface area contributed by atoms with Gasteiger partial charge in [0.05, 0.1) is 13.2 Å². The molecular weight excluding hydrogens is 241 g/mol. The van der Waals surface area contributed by atoms with Gasteiger partial charge in [0.25, 0.3) is 0 Å². The van der Waals surface area contributed by atoms with Crippen molar-refractivity contribution in [1.82, 2.24) is 10.6 Å². The zero-order chi connectivity index (χ0) is 13.1. The normalized spacial score (nSPS) is 25.2. The van der Waals surface area contributed by atoms with Crippen LogP contribution in [0.1, 0.15) is 12.8 Å². The molecule has 1 aliphatic rings. The average Bonchev–Trinajstić information content (AvgIpc) is 2.27. The summed E-state index contributed by atoms with van der Waals surface area (Å²) in [5, 5.41) is 4.52. The van der Waals surface area contributed by atoms with Crippen LogP contribution in [0, 0.1) is 0 Å². The van der Waals surface area contributed by atoms with Crippen molar-refractivity contribution in [2.75, 3.05) is 13.7 Å². The lowest BCUT2D eigenvalue weighted by Gasteiger charge is -2.31. The molecule has 0 aromatic heterocycles. The zero-order valence-electron chi connectivity index (χ0n) is 9.13. The summed E-state index contributed by atoms with van der Waals surface area (Å²) in [6, 6.07) is -1.83. The number of esters is 1. The number of piperidine rings is 1. The number of methoxy groups -OCH3 is 1. The second-order valence-electron chi connectivity index (χ2n) is 3.67. The zero-order valence-corrected chi connectivity index (χ0v) is 9.13. The Morgan fingerprint density at radius 3 is 2.59 bits per heavy atom. The first-order valence-electron chi connectivity index (χ1n) is 5.05. The minimum Gasteiger partial charge on any atom is -0.468 e. The first kappa shape index (κ1) is 13.8. The quantitative estimate of drug-likeness (QED) is 0.678. The largest absolute Gasteiger partial charge is 0.471 e. The van der Waals surface area contributed by atoms with Crippen LogP contribution in [0.25, 0.3) is 0 Å². The van der Waals surface area contributed by atoms with Gasteiger partial charge in [0.1, 0.15) is 6.04 Å². The highest BCUT2D eigenvalue weighted by molar-refractivity contribution is 5.84. The van der Waals surface area contributed by atoms with Gasteiger partial charge in [0.15, 0.2) is 0 Å². The lowest BCUT2D eigenvalue weighted by Crippen LogP contribution is -2.59. The second-order valence-corrected chi connectivity index (χ2v) is 3.67. The van der Waals surface area contributed by atoms with E-state index in [2.05, 4.69) is 10.1 Å². The van der Waals surface area contributed by atoms with Crippen molar-refractivity contribution in [2.45, 2.75) is 31.1 Å². The van der Waals surface area contributed by atoms with Crippen LogP contribution in [0.3, 0.4) is 0 Å². The first-order chi connectivity index (χ1) is 7.86. The predicted molar refractivity (Wildman–Crippen MR) is 51.0 cm³/mol. The summed E-state index contributed by atoms with van der Waals surface area (Å²) >= 11 is 0. The van der Waals surface area contributed by atoms with Gasteiger partial charge in [-0.2, -0.15) is 13.2 Å². The highest BCUT2D eigenvalue weighted by atomic mass is 19.4. The molecule has 98 valence electrons. The number of alkyl halides is 3. The number of ether oxygens (including phenoxy) is 1. The number of carbonyl (C=O) groups is 2. The van der Waals surface area contributed by atoms with Gasteiger partial charge in [-0.15, -0.1) is 0 Å². The van der Waals surface area contributed by atoms with Gasteiger partial charge in [-0.3, -0.25) is 9.59 Å². The van der Waals surface area contributed by atoms with Crippen LogP contribution in [0.2, 0.25) is 0 Å². The van der Waals surface area contributed by atoms with Gasteiger partial charge >= 0.3 is 18.1 Å². The molecule has 8 heteroatoms. The van der Waals surface area contributed by atoms with E-state index < -0.39 is 30.1 Å². The Bertz CT molecular complexity index is 306. The molecular formula is C9H13F3N2O3. The summed E-state index contributed by atoms with van der Waals surface area (Å²) in [5.74, 6) is -2.72. The molecule has 0 aliphatic carbocycles. The number of hydrogen-bond donors (Lipinski definition) is 2. The van der Waals surface area contributed by atoms with Gasteiger partial charge in [-0.05, 0) is 19.4 Å². The Balaban J connectivity index is 2.66. The topological polar surface area (TPSA) is 67.4 Å². The van der Waals surface area contributed by atoms with Crippen LogP contribution in [0.15, 0.2) is 0 Å². The van der Waals surface area contributed by atoms with Crippen LogP contribution in [0.5, 0.6) is 0 Å². The van der Waals surface area contributed by atoms with Crippen molar-refractivity contribution in [3.63, 3.8) is 0 Å². The summed E-state index contributed by atoms with van der Waals surface area (Å²) in [6.45, 7) is 0.498. The highest BCUT2D eigenvalue weighted by Crippen LogP contribution is 2.17. The maximum atomic E-state index is 12.1. The lowest BCUT2D eigenvalue weighted by atomic mass is 9.98. The molecule has 2 atom stereocenters. The molecule has 1 amide bonds. The Kier molecular flexibility index (Phi) is 4.33. The van der Waals surface area contributed by atoms with Crippen LogP contribution in [-0.2, 0) is 14.3 Å². The summed E-state index contributed by atoms with van der Waals surface area (Å²) in [7, 11) is 1.14. The standard InChI is InChI=1S/C9H13F3N2O3/c1-17-7(15)6-5(3-2-4-13-6)14-8(16)9(10,11)12/h5-6,13H,2-4H2,1H3,(H,14,16)/t5-,6+/m0/s1. The van der Waals surface area contributed by atoms with Crippen molar-refractivity contribution in [1.29, 1.82) is 0 Å². The summed E-state index contributed by atoms with van der Waals surface area (Å²) in [5.41, 5.74) is 0. The molecule has 5 nitrogen and oxygen atoms in total. The van der Waals surface area contributed by atoms with Gasteiger partial charge in [-0.25, -0.2) is 0 Å². The number of amides is 1. The van der Waals surface area contributed by atoms with Gasteiger partial charge in [0, 0.05) is 0 Å². The molecule has 0 radical (unpaired) electrons. The Labute approximate surface area is 95.7 Å². The number of halogens is 3. The van der Waals surface area contributed by atoms with E-state index in [1.807, 2.05) is 0 Å². The third-order valence-electron chi connectivity index (χ3n) is 2.49. The van der Waals surface area contributed by atoms with Gasteiger partial charge in [0.2, 0.25) is 0 Å². The van der Waals surface area contributed by atoms with Crippen molar-refractivity contribution in [2.24, 2.45) is 0 Å². The number of hydrogen-bond acceptors (Lipinski definition) is 4. The van der Waals surface area contributed by atoms with E-state index in [9.17, 15) is 22.8 Å². The van der Waals surface area contributed by atoms with Crippen LogP contribution in [0.4, 0.5) is 13.2 Å². The van der Waals surface area contributed by atoms with Gasteiger partial charge in [-0.1, -0.05) is 0 Å². The third-order valence-corrected chi connectivity index (χ3v) is 2.49. The molecule has 0 aromatic carbocycles. The van der Waals surface area contributed by atoms with Crippen molar-refractivity contribution >= 4 is 11.9 Å². The van der Waals surface area contributed by atoms with Gasteiger partial charge < -0.3 is 15.4 Å². The Hall–Kier alpha value is -1.31. The molecule has 1 fully saturated rings. The average molecular weight is 254 g/mol. The van der Waals surface area contributed by atoms with E-state index >= 15 is 0 Å². The fraction of sp³-hybridized carbons (Fsp3) is 0.778. The molecule has 17 heavy (non-hydrogen) atoms. The van der Waals surface area contributed by atoms with E-state index in [0.29, 0.717) is 19.4 Å². The number of nitrogens with one attached hydrogen (secondary N) is 2. The van der Waals surface area contributed by atoms with E-state index in [1.54, 1.807) is 5.32 Å². The van der Waals surface area contributed by atoms with Crippen LogP contribution in [-0.4, -0.2) is 43.8 Å². The van der Waals surface area contributed by atoms with E-state index in [-0.39, 0.29) is 0 Å². The van der Waals surface area contributed by atoms with E-state index in [0.717, 1.165) is 7.11 Å². The second kappa shape index (κ2) is 5.35. The minimum atomic E-state index is -4.95. The molecule has 1 heterocycles. The summed E-state index contributed by atoms with van der Waals surface area (Å²) in [4.78, 5) is 22.1. The molecule has 0 unspecified atom stereocenters. The molecule has 1 saturated heterocycles. The minimum absolute atomic E-state index is 0.300. The SMILES string of the molecule is COC(=O)[C@@H]1NCCC[C@@H]1NC(=O)C(F)(F)F. The van der Waals surface area contributed by atoms with Crippen molar-refractivity contribution in [3.8, 4) is 0 Å². The summed E-state index contributed by atoms with van der Waals surface area (Å²) < 4.78 is 40.6. The maximum Gasteiger partial charge on any atom is 0.471 e. The highest BCUT2D eigenvalue weighted by Gasteiger charge is 2.42. The first-order valence-corrected chi connectivity index (χ1v) is 5.05. The molecule has 1 aliphatic heterocycles. The monoisotopic (exact) mass is 254 g/mol. The lowest BCUT2D eigenvalue weighted by molar-refractivity contribution is -0.175. The predicted octanol–water partition coefficient (Wildman–Crippen LogP) is -0.0415.